The summed E-state index contributed by atoms with van der Waals surface area (Å²) in [4.78, 5) is 13.4. The van der Waals surface area contributed by atoms with Crippen LogP contribution in [0.4, 0.5) is 0 Å². The maximum Gasteiger partial charge on any atom is 0.220 e. The zero-order chi connectivity index (χ0) is 67.5. The van der Waals surface area contributed by atoms with Crippen molar-refractivity contribution in [3.8, 4) is 0 Å². The van der Waals surface area contributed by atoms with Crippen molar-refractivity contribution in [2.45, 2.75) is 413 Å². The summed E-state index contributed by atoms with van der Waals surface area (Å²) in [5.41, 5.74) is 0. The van der Waals surface area contributed by atoms with Crippen LogP contribution < -0.4 is 5.32 Å². The summed E-state index contributed by atoms with van der Waals surface area (Å²) >= 11 is 0. The maximum absolute atomic E-state index is 13.4. The Kier molecular flexibility index (Phi) is 51.5. The molecule has 19 nitrogen and oxygen atoms in total. The number of aliphatic hydroxyl groups excluding tert-OH is 11. The Morgan fingerprint density at radius 3 is 1.08 bits per heavy atom. The van der Waals surface area contributed by atoms with Crippen molar-refractivity contribution in [2.75, 3.05) is 26.4 Å². The van der Waals surface area contributed by atoms with E-state index in [4.69, 9.17) is 28.4 Å². The first-order valence-electron chi connectivity index (χ1n) is 38.1. The molecule has 0 aromatic heterocycles. The molecule has 17 unspecified atom stereocenters. The Labute approximate surface area is 562 Å². The summed E-state index contributed by atoms with van der Waals surface area (Å²) in [6.45, 7) is 1.74. The molecule has 3 saturated heterocycles. The number of carbonyl (C=O) groups excluding carboxylic acids is 1. The molecule has 548 valence electrons. The van der Waals surface area contributed by atoms with Crippen molar-refractivity contribution in [2.24, 2.45) is 0 Å². The van der Waals surface area contributed by atoms with Gasteiger partial charge < -0.3 is 89.9 Å². The van der Waals surface area contributed by atoms with E-state index in [1.807, 2.05) is 6.08 Å². The van der Waals surface area contributed by atoms with Crippen LogP contribution in [0.15, 0.2) is 24.3 Å². The number of carbonyl (C=O) groups is 1. The van der Waals surface area contributed by atoms with E-state index in [1.165, 1.54) is 238 Å². The van der Waals surface area contributed by atoms with E-state index in [2.05, 4.69) is 31.3 Å². The third-order valence-corrected chi connectivity index (χ3v) is 19.3. The molecule has 19 heteroatoms. The van der Waals surface area contributed by atoms with Gasteiger partial charge in [-0.2, -0.15) is 0 Å². The predicted molar refractivity (Wildman–Crippen MR) is 365 cm³/mol. The van der Waals surface area contributed by atoms with Gasteiger partial charge in [0.2, 0.25) is 5.91 Å². The lowest BCUT2D eigenvalue weighted by atomic mass is 9.96. The number of nitrogens with one attached hydrogen (secondary N) is 1. The molecule has 0 radical (unpaired) electrons. The van der Waals surface area contributed by atoms with Crippen molar-refractivity contribution >= 4 is 5.91 Å². The molecule has 3 aliphatic rings. The maximum atomic E-state index is 13.4. The first-order chi connectivity index (χ1) is 45.3. The van der Waals surface area contributed by atoms with E-state index in [9.17, 15) is 61.0 Å². The highest BCUT2D eigenvalue weighted by molar-refractivity contribution is 5.76. The second kappa shape index (κ2) is 56.1. The molecule has 0 aromatic carbocycles. The average molecular weight is 1330 g/mol. The Morgan fingerprint density at radius 2 is 0.688 bits per heavy atom. The van der Waals surface area contributed by atoms with Crippen LogP contribution in [0.1, 0.15) is 309 Å². The minimum Gasteiger partial charge on any atom is -0.394 e. The van der Waals surface area contributed by atoms with Gasteiger partial charge in [0, 0.05) is 6.42 Å². The van der Waals surface area contributed by atoms with Crippen molar-refractivity contribution in [1.82, 2.24) is 5.32 Å². The number of amides is 1. The van der Waals surface area contributed by atoms with Gasteiger partial charge in [-0.3, -0.25) is 4.79 Å². The number of hydrogen-bond acceptors (Lipinski definition) is 18. The molecule has 0 aliphatic carbocycles. The fourth-order valence-corrected chi connectivity index (χ4v) is 13.1. The quantitative estimate of drug-likeness (QED) is 0.0199. The van der Waals surface area contributed by atoms with Crippen LogP contribution >= 0.6 is 0 Å². The number of allylic oxidation sites excluding steroid dienone is 3. The topological polar surface area (TPSA) is 307 Å². The zero-order valence-corrected chi connectivity index (χ0v) is 58.3. The molecular formula is C74H139NO18. The lowest BCUT2D eigenvalue weighted by molar-refractivity contribution is -0.379. The lowest BCUT2D eigenvalue weighted by Gasteiger charge is -2.48. The van der Waals surface area contributed by atoms with Crippen LogP contribution in [0.5, 0.6) is 0 Å². The molecule has 0 bridgehead atoms. The number of ether oxygens (including phenoxy) is 6. The van der Waals surface area contributed by atoms with E-state index in [0.29, 0.717) is 12.8 Å². The van der Waals surface area contributed by atoms with Gasteiger partial charge in [-0.25, -0.2) is 0 Å². The molecule has 1 amide bonds. The van der Waals surface area contributed by atoms with Gasteiger partial charge in [0.1, 0.15) is 73.2 Å². The van der Waals surface area contributed by atoms with Crippen LogP contribution in [-0.2, 0) is 33.2 Å². The molecule has 0 aromatic rings. The van der Waals surface area contributed by atoms with Crippen molar-refractivity contribution in [1.29, 1.82) is 0 Å². The first-order valence-corrected chi connectivity index (χ1v) is 38.1. The normalized spacial score (nSPS) is 27.6. The van der Waals surface area contributed by atoms with E-state index in [0.717, 1.165) is 38.5 Å². The summed E-state index contributed by atoms with van der Waals surface area (Å²) in [6, 6.07) is -0.986. The van der Waals surface area contributed by atoms with Crippen molar-refractivity contribution in [3.05, 3.63) is 24.3 Å². The molecular weight excluding hydrogens is 1190 g/mol. The Hall–Kier alpha value is -1.73. The van der Waals surface area contributed by atoms with E-state index in [1.54, 1.807) is 6.08 Å². The first kappa shape index (κ1) is 85.5. The fraction of sp³-hybridized carbons (Fsp3) is 0.932. The van der Waals surface area contributed by atoms with Crippen LogP contribution in [0.3, 0.4) is 0 Å². The molecule has 0 spiro atoms. The Bertz CT molecular complexity index is 1780. The molecule has 3 aliphatic heterocycles. The summed E-state index contributed by atoms with van der Waals surface area (Å²) < 4.78 is 34.3. The van der Waals surface area contributed by atoms with Gasteiger partial charge in [-0.15, -0.1) is 0 Å². The molecule has 3 heterocycles. The second-order valence-electron chi connectivity index (χ2n) is 27.5. The van der Waals surface area contributed by atoms with Gasteiger partial charge in [0.15, 0.2) is 18.9 Å². The molecule has 17 atom stereocenters. The van der Waals surface area contributed by atoms with Crippen LogP contribution in [0.2, 0.25) is 0 Å². The van der Waals surface area contributed by atoms with Gasteiger partial charge in [-0.05, 0) is 32.1 Å². The van der Waals surface area contributed by atoms with Crippen LogP contribution in [0.25, 0.3) is 0 Å². The number of aliphatic hydroxyl groups is 11. The smallest absolute Gasteiger partial charge is 0.220 e. The van der Waals surface area contributed by atoms with Gasteiger partial charge in [-0.1, -0.05) is 295 Å². The van der Waals surface area contributed by atoms with E-state index in [-0.39, 0.29) is 18.9 Å². The van der Waals surface area contributed by atoms with Gasteiger partial charge >= 0.3 is 0 Å². The van der Waals surface area contributed by atoms with E-state index >= 15 is 0 Å². The SMILES string of the molecule is CCCCCCCCCC/C=C/CC/C=C/C(O)C(COC1OC(CO)C(OC2OC(CO)C(OC3OC(CO)C(O)C(O)C3O)C(O)C2O)C(O)C1O)NC(=O)CCCCCCCCCCCCCCCCCCCCCCCCCCCCCCCCCCCC. The van der Waals surface area contributed by atoms with Crippen LogP contribution in [-0.4, -0.2) is 193 Å². The number of rotatable bonds is 60. The second-order valence-corrected chi connectivity index (χ2v) is 27.5. The summed E-state index contributed by atoms with van der Waals surface area (Å²) in [5, 5.41) is 120. The third-order valence-electron chi connectivity index (χ3n) is 19.3. The molecule has 93 heavy (non-hydrogen) atoms. The number of hydrogen-bond donors (Lipinski definition) is 12. The Balaban J connectivity index is 1.33. The third kappa shape index (κ3) is 37.3. The van der Waals surface area contributed by atoms with Crippen molar-refractivity contribution in [3.63, 3.8) is 0 Å². The highest BCUT2D eigenvalue weighted by atomic mass is 16.8. The lowest BCUT2D eigenvalue weighted by Crippen LogP contribution is -2.66. The highest BCUT2D eigenvalue weighted by Gasteiger charge is 2.53. The van der Waals surface area contributed by atoms with Crippen molar-refractivity contribution < 1.29 is 89.4 Å². The summed E-state index contributed by atoms with van der Waals surface area (Å²) in [5.74, 6) is -0.280. The fourth-order valence-electron chi connectivity index (χ4n) is 13.1. The average Bonchev–Trinajstić information content (AvgIpc) is 0.818. The standard InChI is InChI=1S/C74H139NO18/c1-3-5-7-9-11-13-15-17-19-20-21-22-23-24-25-26-27-28-29-30-31-32-33-34-35-36-37-38-40-42-44-46-48-50-52-62(80)75-57(58(79)51-49-47-45-43-41-39-18-16-14-12-10-8-6-4-2)56-88-72-68(86)65(83)70(60(54-77)90-72)93-74-69(87)66(84)71(61(55-78)91-74)92-73-67(85)64(82)63(81)59(53-76)89-73/h41,43,49,51,57-61,63-74,76-79,81-87H,3-40,42,44-48,50,52-56H2,1-2H3,(H,75,80)/b43-41+,51-49+. The highest BCUT2D eigenvalue weighted by Crippen LogP contribution is 2.33. The number of unbranched alkanes of at least 4 members (excludes halogenated alkanes) is 42. The minimum absolute atomic E-state index is 0.241. The monoisotopic (exact) mass is 1330 g/mol. The van der Waals surface area contributed by atoms with Crippen LogP contribution in [0, 0.1) is 0 Å². The van der Waals surface area contributed by atoms with Gasteiger partial charge in [0.25, 0.3) is 0 Å². The largest absolute Gasteiger partial charge is 0.394 e. The molecule has 3 fully saturated rings. The minimum atomic E-state index is -1.98. The molecule has 0 saturated carbocycles. The molecule has 12 N–H and O–H groups in total. The van der Waals surface area contributed by atoms with Gasteiger partial charge in [0.05, 0.1) is 38.6 Å². The predicted octanol–water partition coefficient (Wildman–Crippen LogP) is 11.4. The molecule has 3 rings (SSSR count). The zero-order valence-electron chi connectivity index (χ0n) is 58.3. The Morgan fingerprint density at radius 1 is 0.376 bits per heavy atom. The van der Waals surface area contributed by atoms with E-state index < -0.39 is 124 Å². The summed E-state index contributed by atoms with van der Waals surface area (Å²) in [7, 11) is 0. The summed E-state index contributed by atoms with van der Waals surface area (Å²) in [6.07, 6.45) is 39.1.